The van der Waals surface area contributed by atoms with Gasteiger partial charge in [0.05, 0.1) is 6.61 Å². The lowest BCUT2D eigenvalue weighted by Gasteiger charge is -2.27. The lowest BCUT2D eigenvalue weighted by molar-refractivity contribution is 0.276. The van der Waals surface area contributed by atoms with Gasteiger partial charge in [0.2, 0.25) is 0 Å². The molecule has 0 atom stereocenters. The predicted octanol–water partition coefficient (Wildman–Crippen LogP) is 2.80. The van der Waals surface area contributed by atoms with E-state index in [1.165, 1.54) is 6.07 Å². The molecule has 0 saturated carbocycles. The highest BCUT2D eigenvalue weighted by atomic mass is 19.1. The second-order valence-electron chi connectivity index (χ2n) is 4.33. The Hall–Kier alpha value is -1.09. The number of hydrogen-bond donors (Lipinski definition) is 1. The summed E-state index contributed by atoms with van der Waals surface area (Å²) in [6, 6.07) is 4.94. The average Bonchev–Trinajstić information content (AvgIpc) is 2.25. The molecular formula is C13H20FNO. The van der Waals surface area contributed by atoms with Gasteiger partial charge in [-0.15, -0.1) is 0 Å². The number of rotatable bonds is 5. The van der Waals surface area contributed by atoms with Gasteiger partial charge in [0.1, 0.15) is 5.82 Å². The monoisotopic (exact) mass is 225 g/mol. The van der Waals surface area contributed by atoms with Crippen LogP contribution < -0.4 is 4.90 Å². The van der Waals surface area contributed by atoms with E-state index >= 15 is 0 Å². The van der Waals surface area contributed by atoms with Crippen LogP contribution in [-0.2, 0) is 6.61 Å². The number of aliphatic hydroxyl groups is 1. The standard InChI is InChI=1S/C13H20FNO/c1-4-15(8-10(2)3)13-7-5-6-12(14)11(13)9-16/h5-7,10,16H,4,8-9H2,1-3H3. The van der Waals surface area contributed by atoms with Crippen molar-refractivity contribution in [3.63, 3.8) is 0 Å². The quantitative estimate of drug-likeness (QED) is 0.833. The topological polar surface area (TPSA) is 23.5 Å². The fourth-order valence-electron chi connectivity index (χ4n) is 1.84. The third-order valence-corrected chi connectivity index (χ3v) is 2.56. The molecule has 0 spiro atoms. The van der Waals surface area contributed by atoms with Gasteiger partial charge in [-0.2, -0.15) is 0 Å². The summed E-state index contributed by atoms with van der Waals surface area (Å²) in [7, 11) is 0. The van der Waals surface area contributed by atoms with E-state index in [0.717, 1.165) is 18.8 Å². The molecule has 1 aromatic rings. The Labute approximate surface area is 96.7 Å². The SMILES string of the molecule is CCN(CC(C)C)c1cccc(F)c1CO. The molecule has 1 aromatic carbocycles. The smallest absolute Gasteiger partial charge is 0.130 e. The normalized spacial score (nSPS) is 10.9. The van der Waals surface area contributed by atoms with E-state index < -0.39 is 0 Å². The summed E-state index contributed by atoms with van der Waals surface area (Å²) in [5.74, 6) is 0.178. The molecule has 0 amide bonds. The maximum Gasteiger partial charge on any atom is 0.130 e. The van der Waals surface area contributed by atoms with Crippen LogP contribution in [0.3, 0.4) is 0 Å². The number of nitrogens with zero attached hydrogens (tertiary/aromatic N) is 1. The van der Waals surface area contributed by atoms with Crippen molar-refractivity contribution >= 4 is 5.69 Å². The molecule has 0 heterocycles. The Balaban J connectivity index is 3.04. The molecule has 0 radical (unpaired) electrons. The summed E-state index contributed by atoms with van der Waals surface area (Å²) in [5, 5.41) is 9.21. The molecule has 3 heteroatoms. The second kappa shape index (κ2) is 5.85. The molecule has 0 fully saturated rings. The van der Waals surface area contributed by atoms with Crippen molar-refractivity contribution in [2.75, 3.05) is 18.0 Å². The van der Waals surface area contributed by atoms with Gasteiger partial charge in [-0.3, -0.25) is 0 Å². The van der Waals surface area contributed by atoms with Gasteiger partial charge in [0.15, 0.2) is 0 Å². The third kappa shape index (κ3) is 2.95. The van der Waals surface area contributed by atoms with E-state index in [-0.39, 0.29) is 12.4 Å². The number of hydrogen-bond acceptors (Lipinski definition) is 2. The number of anilines is 1. The minimum absolute atomic E-state index is 0.253. The van der Waals surface area contributed by atoms with Gasteiger partial charge in [-0.1, -0.05) is 19.9 Å². The highest BCUT2D eigenvalue weighted by Gasteiger charge is 2.13. The van der Waals surface area contributed by atoms with E-state index in [1.807, 2.05) is 13.0 Å². The molecule has 2 nitrogen and oxygen atoms in total. The molecule has 1 N–H and O–H groups in total. The van der Waals surface area contributed by atoms with E-state index in [0.29, 0.717) is 11.5 Å². The molecule has 16 heavy (non-hydrogen) atoms. The highest BCUT2D eigenvalue weighted by Crippen LogP contribution is 2.23. The van der Waals surface area contributed by atoms with Crippen molar-refractivity contribution in [2.24, 2.45) is 5.92 Å². The van der Waals surface area contributed by atoms with Crippen LogP contribution in [0.2, 0.25) is 0 Å². The van der Waals surface area contributed by atoms with Crippen LogP contribution in [0.15, 0.2) is 18.2 Å². The largest absolute Gasteiger partial charge is 0.391 e. The molecule has 0 aliphatic heterocycles. The minimum atomic E-state index is -0.331. The zero-order valence-corrected chi connectivity index (χ0v) is 10.2. The van der Waals surface area contributed by atoms with Gasteiger partial charge < -0.3 is 10.0 Å². The predicted molar refractivity (Wildman–Crippen MR) is 65.0 cm³/mol. The van der Waals surface area contributed by atoms with Crippen LogP contribution in [0.25, 0.3) is 0 Å². The van der Waals surface area contributed by atoms with Crippen LogP contribution in [0.1, 0.15) is 26.3 Å². The minimum Gasteiger partial charge on any atom is -0.391 e. The van der Waals surface area contributed by atoms with Crippen LogP contribution in [0.4, 0.5) is 10.1 Å². The lowest BCUT2D eigenvalue weighted by Crippen LogP contribution is -2.28. The van der Waals surface area contributed by atoms with E-state index in [1.54, 1.807) is 6.07 Å². The Kier molecular flexibility index (Phi) is 4.74. The number of halogens is 1. The first-order valence-electron chi connectivity index (χ1n) is 5.73. The van der Waals surface area contributed by atoms with Crippen LogP contribution in [0.5, 0.6) is 0 Å². The second-order valence-corrected chi connectivity index (χ2v) is 4.33. The van der Waals surface area contributed by atoms with Gasteiger partial charge in [0.25, 0.3) is 0 Å². The molecular weight excluding hydrogens is 205 g/mol. The fraction of sp³-hybridized carbons (Fsp3) is 0.538. The van der Waals surface area contributed by atoms with Crippen molar-refractivity contribution in [3.8, 4) is 0 Å². The summed E-state index contributed by atoms with van der Waals surface area (Å²) in [6.45, 7) is 7.72. The van der Waals surface area contributed by atoms with Crippen molar-refractivity contribution in [1.82, 2.24) is 0 Å². The summed E-state index contributed by atoms with van der Waals surface area (Å²) >= 11 is 0. The molecule has 0 aliphatic carbocycles. The Morgan fingerprint density at radius 3 is 2.56 bits per heavy atom. The number of aliphatic hydroxyl groups excluding tert-OH is 1. The molecule has 0 saturated heterocycles. The van der Waals surface area contributed by atoms with Gasteiger partial charge >= 0.3 is 0 Å². The van der Waals surface area contributed by atoms with Crippen molar-refractivity contribution in [1.29, 1.82) is 0 Å². The van der Waals surface area contributed by atoms with E-state index in [9.17, 15) is 9.50 Å². The average molecular weight is 225 g/mol. The van der Waals surface area contributed by atoms with Gasteiger partial charge in [0, 0.05) is 24.3 Å². The zero-order valence-electron chi connectivity index (χ0n) is 10.2. The summed E-state index contributed by atoms with van der Waals surface area (Å²) in [4.78, 5) is 2.10. The maximum absolute atomic E-state index is 13.5. The van der Waals surface area contributed by atoms with Gasteiger partial charge in [-0.25, -0.2) is 4.39 Å². The van der Waals surface area contributed by atoms with E-state index in [4.69, 9.17) is 0 Å². The van der Waals surface area contributed by atoms with Crippen molar-refractivity contribution in [3.05, 3.63) is 29.6 Å². The highest BCUT2D eigenvalue weighted by molar-refractivity contribution is 5.54. The van der Waals surface area contributed by atoms with Crippen molar-refractivity contribution in [2.45, 2.75) is 27.4 Å². The zero-order chi connectivity index (χ0) is 12.1. The molecule has 90 valence electrons. The van der Waals surface area contributed by atoms with Crippen LogP contribution >= 0.6 is 0 Å². The van der Waals surface area contributed by atoms with Crippen LogP contribution in [-0.4, -0.2) is 18.2 Å². The third-order valence-electron chi connectivity index (χ3n) is 2.56. The molecule has 0 aromatic heterocycles. The summed E-state index contributed by atoms with van der Waals surface area (Å²) < 4.78 is 13.5. The lowest BCUT2D eigenvalue weighted by atomic mass is 10.1. The van der Waals surface area contributed by atoms with Crippen molar-refractivity contribution < 1.29 is 9.50 Å². The molecule has 0 bridgehead atoms. The van der Waals surface area contributed by atoms with Crippen LogP contribution in [0, 0.1) is 11.7 Å². The first-order chi connectivity index (χ1) is 7.60. The first-order valence-corrected chi connectivity index (χ1v) is 5.73. The Morgan fingerprint density at radius 1 is 1.38 bits per heavy atom. The summed E-state index contributed by atoms with van der Waals surface area (Å²) in [6.07, 6.45) is 0. The Bertz CT molecular complexity index is 339. The summed E-state index contributed by atoms with van der Waals surface area (Å²) in [5.41, 5.74) is 1.20. The molecule has 0 aliphatic rings. The first kappa shape index (κ1) is 13.0. The maximum atomic E-state index is 13.5. The van der Waals surface area contributed by atoms with E-state index in [2.05, 4.69) is 18.7 Å². The van der Waals surface area contributed by atoms with Gasteiger partial charge in [-0.05, 0) is 25.0 Å². The molecule has 1 rings (SSSR count). The number of benzene rings is 1. The molecule has 0 unspecified atom stereocenters. The fourth-order valence-corrected chi connectivity index (χ4v) is 1.84. The Morgan fingerprint density at radius 2 is 2.06 bits per heavy atom.